The molecule has 0 spiro atoms. The first-order valence-corrected chi connectivity index (χ1v) is 9.58. The average molecular weight is 427 g/mol. The lowest BCUT2D eigenvalue weighted by Gasteiger charge is -2.34. The van der Waals surface area contributed by atoms with Crippen molar-refractivity contribution < 1.29 is 9.59 Å². The van der Waals surface area contributed by atoms with E-state index < -0.39 is 0 Å². The van der Waals surface area contributed by atoms with Gasteiger partial charge in [-0.05, 0) is 42.5 Å². The first-order chi connectivity index (χ1) is 12.9. The standard InChI is InChI=1S/C19H18Cl3N3O2/c20-13-1-4-15(5-2-13)23-18(26)12-24-7-9-25(10-8-24)19(27)16-6-3-14(21)11-17(16)22/h1-6,11H,7-10,12H2,(H,23,26). The van der Waals surface area contributed by atoms with E-state index in [-0.39, 0.29) is 18.4 Å². The topological polar surface area (TPSA) is 52.7 Å². The van der Waals surface area contributed by atoms with Gasteiger partial charge in [-0.3, -0.25) is 14.5 Å². The number of rotatable bonds is 4. The Kier molecular flexibility index (Phi) is 6.60. The SMILES string of the molecule is O=C(CN1CCN(C(=O)c2ccc(Cl)cc2Cl)CC1)Nc1ccc(Cl)cc1. The lowest BCUT2D eigenvalue weighted by Crippen LogP contribution is -2.50. The van der Waals surface area contributed by atoms with Gasteiger partial charge in [-0.2, -0.15) is 0 Å². The van der Waals surface area contributed by atoms with Crippen LogP contribution < -0.4 is 5.32 Å². The second-order valence-electron chi connectivity index (χ2n) is 6.25. The van der Waals surface area contributed by atoms with Crippen molar-refractivity contribution >= 4 is 52.3 Å². The zero-order valence-corrected chi connectivity index (χ0v) is 16.7. The van der Waals surface area contributed by atoms with E-state index in [0.717, 1.165) is 0 Å². The molecular weight excluding hydrogens is 409 g/mol. The van der Waals surface area contributed by atoms with Crippen LogP contribution in [0.4, 0.5) is 5.69 Å². The molecule has 2 aromatic carbocycles. The maximum atomic E-state index is 12.6. The van der Waals surface area contributed by atoms with Crippen LogP contribution in [0.1, 0.15) is 10.4 Å². The van der Waals surface area contributed by atoms with Crippen LogP contribution in [0, 0.1) is 0 Å². The van der Waals surface area contributed by atoms with Crippen LogP contribution in [0.5, 0.6) is 0 Å². The molecule has 0 radical (unpaired) electrons. The fraction of sp³-hybridized carbons (Fsp3) is 0.263. The van der Waals surface area contributed by atoms with E-state index in [2.05, 4.69) is 5.32 Å². The van der Waals surface area contributed by atoms with Gasteiger partial charge >= 0.3 is 0 Å². The lowest BCUT2D eigenvalue weighted by atomic mass is 10.1. The predicted molar refractivity (Wildman–Crippen MR) is 109 cm³/mol. The number of hydrogen-bond donors (Lipinski definition) is 1. The van der Waals surface area contributed by atoms with Gasteiger partial charge in [0.05, 0.1) is 17.1 Å². The molecule has 3 rings (SSSR count). The summed E-state index contributed by atoms with van der Waals surface area (Å²) in [7, 11) is 0. The number of halogens is 3. The highest BCUT2D eigenvalue weighted by molar-refractivity contribution is 6.36. The van der Waals surface area contributed by atoms with Crippen molar-refractivity contribution in [3.05, 3.63) is 63.1 Å². The number of benzene rings is 2. The van der Waals surface area contributed by atoms with Crippen molar-refractivity contribution in [2.45, 2.75) is 0 Å². The van der Waals surface area contributed by atoms with Gasteiger partial charge in [-0.15, -0.1) is 0 Å². The van der Waals surface area contributed by atoms with Crippen molar-refractivity contribution in [2.24, 2.45) is 0 Å². The summed E-state index contributed by atoms with van der Waals surface area (Å²) in [5.74, 6) is -0.222. The summed E-state index contributed by atoms with van der Waals surface area (Å²) in [6.45, 7) is 2.57. The molecule has 0 bridgehead atoms. The summed E-state index contributed by atoms with van der Waals surface area (Å²) in [5, 5.41) is 4.30. The Morgan fingerprint density at radius 3 is 2.15 bits per heavy atom. The zero-order chi connectivity index (χ0) is 19.4. The number of carbonyl (C=O) groups excluding carboxylic acids is 2. The number of amides is 2. The summed E-state index contributed by atoms with van der Waals surface area (Å²) in [6.07, 6.45) is 0. The van der Waals surface area contributed by atoms with Crippen molar-refractivity contribution in [1.29, 1.82) is 0 Å². The van der Waals surface area contributed by atoms with E-state index in [9.17, 15) is 9.59 Å². The molecule has 142 valence electrons. The van der Waals surface area contributed by atoms with Gasteiger partial charge in [0.2, 0.25) is 5.91 Å². The predicted octanol–water partition coefficient (Wildman–Crippen LogP) is 4.04. The Bertz CT molecular complexity index is 835. The van der Waals surface area contributed by atoms with E-state index in [4.69, 9.17) is 34.8 Å². The van der Waals surface area contributed by atoms with Crippen molar-refractivity contribution in [3.8, 4) is 0 Å². The van der Waals surface area contributed by atoms with E-state index in [0.29, 0.717) is 52.5 Å². The molecule has 0 unspecified atom stereocenters. The van der Waals surface area contributed by atoms with E-state index in [1.165, 1.54) is 0 Å². The normalized spacial score (nSPS) is 14.9. The molecule has 0 saturated carbocycles. The monoisotopic (exact) mass is 425 g/mol. The molecule has 0 atom stereocenters. The third-order valence-electron chi connectivity index (χ3n) is 4.32. The summed E-state index contributed by atoms with van der Waals surface area (Å²) < 4.78 is 0. The van der Waals surface area contributed by atoms with Gasteiger partial charge in [0.25, 0.3) is 5.91 Å². The van der Waals surface area contributed by atoms with Gasteiger partial charge in [0.1, 0.15) is 0 Å². The smallest absolute Gasteiger partial charge is 0.255 e. The molecule has 8 heteroatoms. The zero-order valence-electron chi connectivity index (χ0n) is 14.4. The lowest BCUT2D eigenvalue weighted by molar-refractivity contribution is -0.117. The van der Waals surface area contributed by atoms with Crippen molar-refractivity contribution in [2.75, 3.05) is 38.0 Å². The minimum Gasteiger partial charge on any atom is -0.336 e. The van der Waals surface area contributed by atoms with Crippen LogP contribution in [0.25, 0.3) is 0 Å². The number of anilines is 1. The first-order valence-electron chi connectivity index (χ1n) is 8.44. The van der Waals surface area contributed by atoms with Crippen LogP contribution >= 0.6 is 34.8 Å². The van der Waals surface area contributed by atoms with Gasteiger partial charge < -0.3 is 10.2 Å². The van der Waals surface area contributed by atoms with Crippen LogP contribution in [-0.2, 0) is 4.79 Å². The molecule has 1 aliphatic rings. The highest BCUT2D eigenvalue weighted by Crippen LogP contribution is 2.23. The Morgan fingerprint density at radius 2 is 1.52 bits per heavy atom. The molecule has 1 heterocycles. The average Bonchev–Trinajstić information content (AvgIpc) is 2.64. The molecule has 1 aliphatic heterocycles. The number of piperazine rings is 1. The minimum atomic E-state index is -0.123. The number of nitrogens with one attached hydrogen (secondary N) is 1. The molecule has 1 saturated heterocycles. The highest BCUT2D eigenvalue weighted by atomic mass is 35.5. The molecule has 0 aliphatic carbocycles. The largest absolute Gasteiger partial charge is 0.336 e. The van der Waals surface area contributed by atoms with Gasteiger partial charge in [0.15, 0.2) is 0 Å². The third kappa shape index (κ3) is 5.36. The molecule has 1 fully saturated rings. The molecule has 0 aromatic heterocycles. The summed E-state index contributed by atoms with van der Waals surface area (Å²) in [6, 6.07) is 11.8. The molecule has 1 N–H and O–H groups in total. The molecule has 5 nitrogen and oxygen atoms in total. The number of hydrogen-bond acceptors (Lipinski definition) is 3. The molecule has 27 heavy (non-hydrogen) atoms. The Morgan fingerprint density at radius 1 is 0.889 bits per heavy atom. The molecular formula is C19H18Cl3N3O2. The van der Waals surface area contributed by atoms with E-state index in [1.54, 1.807) is 47.4 Å². The molecule has 2 aromatic rings. The maximum absolute atomic E-state index is 12.6. The summed E-state index contributed by atoms with van der Waals surface area (Å²) in [5.41, 5.74) is 1.14. The van der Waals surface area contributed by atoms with Crippen LogP contribution in [0.2, 0.25) is 15.1 Å². The van der Waals surface area contributed by atoms with Gasteiger partial charge in [-0.1, -0.05) is 34.8 Å². The maximum Gasteiger partial charge on any atom is 0.255 e. The summed E-state index contributed by atoms with van der Waals surface area (Å²) in [4.78, 5) is 28.6. The number of carbonyl (C=O) groups is 2. The Hall–Kier alpha value is -1.79. The van der Waals surface area contributed by atoms with Crippen LogP contribution in [0.3, 0.4) is 0 Å². The summed E-state index contributed by atoms with van der Waals surface area (Å²) >= 11 is 17.8. The Labute approximate surface area is 172 Å². The second kappa shape index (κ2) is 8.93. The highest BCUT2D eigenvalue weighted by Gasteiger charge is 2.24. The van der Waals surface area contributed by atoms with Gasteiger partial charge in [-0.25, -0.2) is 0 Å². The van der Waals surface area contributed by atoms with Crippen LogP contribution in [-0.4, -0.2) is 54.3 Å². The van der Waals surface area contributed by atoms with E-state index in [1.807, 2.05) is 4.90 Å². The molecule has 2 amide bonds. The van der Waals surface area contributed by atoms with E-state index >= 15 is 0 Å². The van der Waals surface area contributed by atoms with Crippen molar-refractivity contribution in [1.82, 2.24) is 9.80 Å². The fourth-order valence-corrected chi connectivity index (χ4v) is 3.49. The third-order valence-corrected chi connectivity index (χ3v) is 5.12. The van der Waals surface area contributed by atoms with Gasteiger partial charge in [0, 0.05) is 41.9 Å². The fourth-order valence-electron chi connectivity index (χ4n) is 2.88. The Balaban J connectivity index is 1.50. The second-order valence-corrected chi connectivity index (χ2v) is 7.53. The van der Waals surface area contributed by atoms with Crippen LogP contribution in [0.15, 0.2) is 42.5 Å². The van der Waals surface area contributed by atoms with Crippen molar-refractivity contribution in [3.63, 3.8) is 0 Å². The number of nitrogens with zero attached hydrogens (tertiary/aromatic N) is 2. The first kappa shape index (κ1) is 20.0. The minimum absolute atomic E-state index is 0.0992. The quantitative estimate of drug-likeness (QED) is 0.802.